The van der Waals surface area contributed by atoms with Crippen LogP contribution in [-0.4, -0.2) is 84.4 Å². The molecule has 0 spiro atoms. The van der Waals surface area contributed by atoms with Crippen LogP contribution in [0.4, 0.5) is 4.39 Å². The fourth-order valence-electron chi connectivity index (χ4n) is 4.22. The van der Waals surface area contributed by atoms with Crippen molar-refractivity contribution >= 4 is 35.1 Å². The molecule has 1 saturated heterocycles. The molecular weight excluding hydrogens is 471 g/mol. The Hall–Kier alpha value is -4.55. The van der Waals surface area contributed by atoms with Crippen molar-refractivity contribution in [2.24, 2.45) is 4.99 Å². The summed E-state index contributed by atoms with van der Waals surface area (Å²) in [5.41, 5.74) is 0.615. The fraction of sp³-hybridized carbons (Fsp3) is 0.304. The van der Waals surface area contributed by atoms with E-state index < -0.39 is 41.4 Å². The third-order valence-electron chi connectivity index (χ3n) is 6.12. The summed E-state index contributed by atoms with van der Waals surface area (Å²) in [7, 11) is 1.53. The number of ketones is 1. The number of halogens is 1. The summed E-state index contributed by atoms with van der Waals surface area (Å²) < 4.78 is 14.5. The van der Waals surface area contributed by atoms with E-state index in [1.807, 2.05) is 0 Å². The number of hydrogen-bond donors (Lipinski definition) is 1. The molecule has 2 unspecified atom stereocenters. The number of aromatic nitrogens is 4. The minimum Gasteiger partial charge on any atom is -0.350 e. The number of aliphatic imine (C=N–C) groups is 1. The van der Waals surface area contributed by atoms with Gasteiger partial charge in [-0.15, -0.1) is 5.10 Å². The molecule has 13 heteroatoms. The predicted octanol–water partition coefficient (Wildman–Crippen LogP) is -0.00740. The Morgan fingerprint density at radius 1 is 1.22 bits per heavy atom. The summed E-state index contributed by atoms with van der Waals surface area (Å²) in [5, 5.41) is 6.72. The molecule has 4 heterocycles. The lowest BCUT2D eigenvalue weighted by molar-refractivity contribution is -0.146. The van der Waals surface area contributed by atoms with E-state index >= 15 is 0 Å². The Morgan fingerprint density at radius 3 is 2.75 bits per heavy atom. The zero-order chi connectivity index (χ0) is 25.4. The van der Waals surface area contributed by atoms with Crippen LogP contribution in [0.3, 0.4) is 0 Å². The van der Waals surface area contributed by atoms with Crippen LogP contribution in [0.5, 0.6) is 0 Å². The number of amides is 3. The first kappa shape index (κ1) is 23.2. The van der Waals surface area contributed by atoms with Gasteiger partial charge < -0.3 is 10.2 Å². The van der Waals surface area contributed by atoms with Gasteiger partial charge in [-0.1, -0.05) is 12.1 Å². The van der Waals surface area contributed by atoms with Gasteiger partial charge in [0.1, 0.15) is 11.7 Å². The van der Waals surface area contributed by atoms with Crippen molar-refractivity contribution in [1.82, 2.24) is 34.7 Å². The Balaban J connectivity index is 1.38. The number of carbonyl (C=O) groups is 4. The summed E-state index contributed by atoms with van der Waals surface area (Å²) in [4.78, 5) is 66.6. The highest BCUT2D eigenvalue weighted by molar-refractivity contribution is 6.46. The van der Waals surface area contributed by atoms with Gasteiger partial charge in [-0.3, -0.25) is 24.1 Å². The van der Waals surface area contributed by atoms with Crippen LogP contribution >= 0.6 is 0 Å². The molecule has 5 rings (SSSR count). The number of likely N-dealkylation sites (N-methyl/N-ethyl adjacent to an activating group) is 1. The molecule has 3 amide bonds. The molecule has 0 saturated carbocycles. The third-order valence-corrected chi connectivity index (χ3v) is 6.12. The van der Waals surface area contributed by atoms with Gasteiger partial charge in [0.05, 0.1) is 6.04 Å². The van der Waals surface area contributed by atoms with Crippen LogP contribution < -0.4 is 5.32 Å². The molecule has 2 atom stereocenters. The smallest absolute Gasteiger partial charge is 0.298 e. The van der Waals surface area contributed by atoms with Gasteiger partial charge in [0, 0.05) is 32.5 Å². The summed E-state index contributed by atoms with van der Waals surface area (Å²) in [6.45, 7) is 0.281. The number of Topliss-reactive ketones (excluding diaryl/α,β-unsaturated/α-hetero) is 1. The highest BCUT2D eigenvalue weighted by Gasteiger charge is 2.46. The second-order valence-electron chi connectivity index (χ2n) is 8.43. The summed E-state index contributed by atoms with van der Waals surface area (Å²) in [5.74, 6) is -3.13. The lowest BCUT2D eigenvalue weighted by atomic mass is 9.98. The van der Waals surface area contributed by atoms with Gasteiger partial charge in [-0.05, 0) is 36.6 Å². The predicted molar refractivity (Wildman–Crippen MR) is 122 cm³/mol. The van der Waals surface area contributed by atoms with Crippen molar-refractivity contribution in [3.8, 4) is 0 Å². The van der Waals surface area contributed by atoms with Crippen molar-refractivity contribution in [1.29, 1.82) is 0 Å². The van der Waals surface area contributed by atoms with Crippen molar-refractivity contribution < 1.29 is 23.6 Å². The van der Waals surface area contributed by atoms with Crippen LogP contribution in [0.1, 0.15) is 29.0 Å². The Morgan fingerprint density at radius 2 is 2.00 bits per heavy atom. The Kier molecular flexibility index (Phi) is 5.96. The SMILES string of the molecule is CN(C(=O)c1nc2ncccn2n1)C1CCCN2C(=O)C(=O)C(C(=O)NCc3ccc(F)cc3)N=C12. The van der Waals surface area contributed by atoms with Crippen LogP contribution in [0, 0.1) is 5.82 Å². The number of nitrogens with zero attached hydrogens (tertiary/aromatic N) is 7. The monoisotopic (exact) mass is 492 g/mol. The highest BCUT2D eigenvalue weighted by Crippen LogP contribution is 2.23. The van der Waals surface area contributed by atoms with E-state index in [-0.39, 0.29) is 30.5 Å². The molecule has 0 aliphatic carbocycles. The maximum Gasteiger partial charge on any atom is 0.298 e. The third kappa shape index (κ3) is 4.19. The van der Waals surface area contributed by atoms with Crippen molar-refractivity contribution in [3.05, 3.63) is 59.9 Å². The average Bonchev–Trinajstić information content (AvgIpc) is 3.33. The number of fused-ring (bicyclic) bond motifs is 2. The van der Waals surface area contributed by atoms with Crippen molar-refractivity contribution in [3.63, 3.8) is 0 Å². The second-order valence-corrected chi connectivity index (χ2v) is 8.43. The molecule has 0 bridgehead atoms. The van der Waals surface area contributed by atoms with E-state index in [9.17, 15) is 23.6 Å². The second kappa shape index (κ2) is 9.24. The molecule has 2 aliphatic rings. The van der Waals surface area contributed by atoms with E-state index in [4.69, 9.17) is 0 Å². The van der Waals surface area contributed by atoms with Gasteiger partial charge >= 0.3 is 0 Å². The maximum atomic E-state index is 13.2. The summed E-state index contributed by atoms with van der Waals surface area (Å²) in [6.07, 6.45) is 4.14. The van der Waals surface area contributed by atoms with Crippen molar-refractivity contribution in [2.75, 3.05) is 13.6 Å². The lowest BCUT2D eigenvalue weighted by Gasteiger charge is -2.40. The number of hydrogen-bond acceptors (Lipinski definition) is 8. The molecule has 3 aromatic rings. The fourth-order valence-corrected chi connectivity index (χ4v) is 4.22. The molecule has 1 N–H and O–H groups in total. The number of carbonyl (C=O) groups excluding carboxylic acids is 4. The molecule has 2 aromatic heterocycles. The van der Waals surface area contributed by atoms with E-state index in [0.717, 1.165) is 0 Å². The molecule has 12 nitrogen and oxygen atoms in total. The lowest BCUT2D eigenvalue weighted by Crippen LogP contribution is -2.61. The van der Waals surface area contributed by atoms with Gasteiger partial charge in [0.2, 0.25) is 5.82 Å². The number of amidine groups is 1. The van der Waals surface area contributed by atoms with Gasteiger partial charge in [0.15, 0.2) is 6.04 Å². The molecule has 1 aromatic carbocycles. The molecule has 2 aliphatic heterocycles. The first-order valence-corrected chi connectivity index (χ1v) is 11.2. The Bertz CT molecular complexity index is 1370. The number of nitrogens with one attached hydrogen (secondary N) is 1. The minimum absolute atomic E-state index is 0.0288. The summed E-state index contributed by atoms with van der Waals surface area (Å²) >= 11 is 0. The van der Waals surface area contributed by atoms with Crippen LogP contribution in [0.25, 0.3) is 5.78 Å². The van der Waals surface area contributed by atoms with E-state index in [1.54, 1.807) is 12.3 Å². The maximum absolute atomic E-state index is 13.2. The molecule has 1 fully saturated rings. The van der Waals surface area contributed by atoms with E-state index in [2.05, 4.69) is 25.4 Å². The highest BCUT2D eigenvalue weighted by atomic mass is 19.1. The Labute approximate surface area is 203 Å². The van der Waals surface area contributed by atoms with Crippen molar-refractivity contribution in [2.45, 2.75) is 31.5 Å². The van der Waals surface area contributed by atoms with Gasteiger partial charge in [-0.25, -0.2) is 18.9 Å². The number of benzene rings is 1. The minimum atomic E-state index is -1.58. The first-order valence-electron chi connectivity index (χ1n) is 11.2. The molecule has 36 heavy (non-hydrogen) atoms. The zero-order valence-electron chi connectivity index (χ0n) is 19.2. The van der Waals surface area contributed by atoms with Crippen LogP contribution in [-0.2, 0) is 20.9 Å². The van der Waals surface area contributed by atoms with Gasteiger partial charge in [-0.2, -0.15) is 4.98 Å². The molecular formula is C23H21FN8O4. The largest absolute Gasteiger partial charge is 0.350 e. The van der Waals surface area contributed by atoms with Crippen LogP contribution in [0.15, 0.2) is 47.7 Å². The zero-order valence-corrected chi connectivity index (χ0v) is 19.2. The average molecular weight is 492 g/mol. The van der Waals surface area contributed by atoms with E-state index in [1.165, 1.54) is 51.8 Å². The molecule has 184 valence electrons. The number of rotatable bonds is 5. The normalized spacial score (nSPS) is 19.6. The standard InChI is InChI=1S/C23H21FN8O4/c1-30(22(36)18-28-23-25-9-3-11-32(23)29-18)15-4-2-10-31-19(15)27-16(17(33)21(31)35)20(34)26-12-13-5-7-14(24)8-6-13/h3,5-9,11,15-16H,2,4,10,12H2,1H3,(H,26,34). The quantitative estimate of drug-likeness (QED) is 0.390. The number of piperidine rings is 1. The van der Waals surface area contributed by atoms with E-state index in [0.29, 0.717) is 18.4 Å². The summed E-state index contributed by atoms with van der Waals surface area (Å²) in [6, 6.07) is 4.90. The topological polar surface area (TPSA) is 142 Å². The van der Waals surface area contributed by atoms with Gasteiger partial charge in [0.25, 0.3) is 29.3 Å². The first-order chi connectivity index (χ1) is 17.3. The van der Waals surface area contributed by atoms with Crippen LogP contribution in [0.2, 0.25) is 0 Å². The molecule has 0 radical (unpaired) electrons.